The molecule has 0 saturated heterocycles. The van der Waals surface area contributed by atoms with Crippen LogP contribution in [0.1, 0.15) is 0 Å². The number of nitrogens with zero attached hydrogens (tertiary/aromatic N) is 2. The minimum atomic E-state index is -0.731. The minimum Gasteiger partial charge on any atom is -0.432 e. The van der Waals surface area contributed by atoms with Crippen LogP contribution in [0.3, 0.4) is 0 Å². The summed E-state index contributed by atoms with van der Waals surface area (Å²) in [5.74, 6) is -0.709. The van der Waals surface area contributed by atoms with E-state index in [9.17, 15) is 14.5 Å². The van der Waals surface area contributed by atoms with Gasteiger partial charge in [-0.1, -0.05) is 0 Å². The molecule has 0 saturated carbocycles. The summed E-state index contributed by atoms with van der Waals surface area (Å²) in [6, 6.07) is 5.97. The van der Waals surface area contributed by atoms with Gasteiger partial charge < -0.3 is 10.5 Å². The third kappa shape index (κ3) is 2.51. The normalized spacial score (nSPS) is 10.1. The van der Waals surface area contributed by atoms with Crippen molar-refractivity contribution in [2.45, 2.75) is 0 Å². The maximum absolute atomic E-state index is 12.9. The topological polar surface area (TPSA) is 91.3 Å². The molecule has 2 rings (SSSR count). The summed E-state index contributed by atoms with van der Waals surface area (Å²) >= 11 is 0. The van der Waals surface area contributed by atoms with Crippen molar-refractivity contribution in [1.82, 2.24) is 4.98 Å². The molecule has 0 bridgehead atoms. The first-order chi connectivity index (χ1) is 8.56. The van der Waals surface area contributed by atoms with Gasteiger partial charge in [0.1, 0.15) is 5.82 Å². The second-order valence-electron chi connectivity index (χ2n) is 3.40. The van der Waals surface area contributed by atoms with Crippen molar-refractivity contribution in [2.75, 3.05) is 5.73 Å². The third-order valence-corrected chi connectivity index (χ3v) is 2.09. The second-order valence-corrected chi connectivity index (χ2v) is 3.40. The van der Waals surface area contributed by atoms with Crippen LogP contribution >= 0.6 is 0 Å². The SMILES string of the molecule is Nc1ccnc(Oc2ccc(F)cc2[N+](=O)[O-])c1. The van der Waals surface area contributed by atoms with E-state index in [0.29, 0.717) is 5.69 Å². The summed E-state index contributed by atoms with van der Waals surface area (Å²) in [6.45, 7) is 0. The monoisotopic (exact) mass is 249 g/mol. The Morgan fingerprint density at radius 1 is 1.33 bits per heavy atom. The summed E-state index contributed by atoms with van der Waals surface area (Å²) in [5, 5.41) is 10.7. The van der Waals surface area contributed by atoms with E-state index in [4.69, 9.17) is 10.5 Å². The molecule has 1 aromatic heterocycles. The lowest BCUT2D eigenvalue weighted by Crippen LogP contribution is -1.96. The van der Waals surface area contributed by atoms with Crippen molar-refractivity contribution >= 4 is 11.4 Å². The average Bonchev–Trinajstić information content (AvgIpc) is 2.31. The maximum Gasteiger partial charge on any atom is 0.314 e. The lowest BCUT2D eigenvalue weighted by molar-refractivity contribution is -0.385. The van der Waals surface area contributed by atoms with Crippen LogP contribution in [0.2, 0.25) is 0 Å². The van der Waals surface area contributed by atoms with Gasteiger partial charge in [0, 0.05) is 18.0 Å². The molecule has 6 nitrogen and oxygen atoms in total. The molecule has 2 aromatic rings. The van der Waals surface area contributed by atoms with Gasteiger partial charge in [0.2, 0.25) is 11.6 Å². The van der Waals surface area contributed by atoms with Gasteiger partial charge in [0.05, 0.1) is 11.0 Å². The van der Waals surface area contributed by atoms with Crippen molar-refractivity contribution in [3.05, 3.63) is 52.5 Å². The van der Waals surface area contributed by atoms with Crippen LogP contribution in [0, 0.1) is 15.9 Å². The van der Waals surface area contributed by atoms with E-state index < -0.39 is 16.4 Å². The van der Waals surface area contributed by atoms with E-state index in [-0.39, 0.29) is 11.6 Å². The number of anilines is 1. The molecular formula is C11H8FN3O3. The Kier molecular flexibility index (Phi) is 3.05. The van der Waals surface area contributed by atoms with Crippen LogP contribution in [-0.2, 0) is 0 Å². The van der Waals surface area contributed by atoms with Crippen molar-refractivity contribution in [3.63, 3.8) is 0 Å². The summed E-state index contributed by atoms with van der Waals surface area (Å²) in [7, 11) is 0. The number of nitrogen functional groups attached to an aromatic ring is 1. The van der Waals surface area contributed by atoms with Crippen LogP contribution in [-0.4, -0.2) is 9.91 Å². The largest absolute Gasteiger partial charge is 0.432 e. The highest BCUT2D eigenvalue weighted by Crippen LogP contribution is 2.31. The van der Waals surface area contributed by atoms with E-state index in [1.807, 2.05) is 0 Å². The van der Waals surface area contributed by atoms with E-state index in [2.05, 4.69) is 4.98 Å². The van der Waals surface area contributed by atoms with Crippen molar-refractivity contribution in [1.29, 1.82) is 0 Å². The summed E-state index contributed by atoms with van der Waals surface area (Å²) in [5.41, 5.74) is 5.45. The highest BCUT2D eigenvalue weighted by atomic mass is 19.1. The molecule has 7 heteroatoms. The summed E-state index contributed by atoms with van der Waals surface area (Å²) in [6.07, 6.45) is 1.40. The van der Waals surface area contributed by atoms with Crippen molar-refractivity contribution in [2.24, 2.45) is 0 Å². The third-order valence-electron chi connectivity index (χ3n) is 2.09. The molecule has 0 unspecified atom stereocenters. The summed E-state index contributed by atoms with van der Waals surface area (Å²) in [4.78, 5) is 13.9. The number of rotatable bonds is 3. The van der Waals surface area contributed by atoms with E-state index in [1.165, 1.54) is 18.3 Å². The molecule has 0 aliphatic heterocycles. The number of nitro benzene ring substituents is 1. The number of halogens is 1. The maximum atomic E-state index is 12.9. The van der Waals surface area contributed by atoms with Crippen molar-refractivity contribution in [3.8, 4) is 11.6 Å². The standard InChI is InChI=1S/C11H8FN3O3/c12-7-1-2-10(9(5-7)15(16)17)18-11-6-8(13)3-4-14-11/h1-6H,(H2,13,14). The first-order valence-corrected chi connectivity index (χ1v) is 4.89. The van der Waals surface area contributed by atoms with E-state index >= 15 is 0 Å². The first kappa shape index (κ1) is 11.8. The molecule has 0 aliphatic carbocycles. The molecular weight excluding hydrogens is 241 g/mol. The molecule has 0 radical (unpaired) electrons. The highest BCUT2D eigenvalue weighted by Gasteiger charge is 2.17. The van der Waals surface area contributed by atoms with Gasteiger partial charge >= 0.3 is 5.69 Å². The second kappa shape index (κ2) is 4.66. The molecule has 2 N–H and O–H groups in total. The fourth-order valence-electron chi connectivity index (χ4n) is 1.31. The predicted octanol–water partition coefficient (Wildman–Crippen LogP) is 2.50. The Bertz CT molecular complexity index is 604. The number of hydrogen-bond acceptors (Lipinski definition) is 5. The lowest BCUT2D eigenvalue weighted by atomic mass is 10.3. The van der Waals surface area contributed by atoms with Crippen LogP contribution in [0.5, 0.6) is 11.6 Å². The van der Waals surface area contributed by atoms with Gasteiger partial charge in [-0.15, -0.1) is 0 Å². The Hall–Kier alpha value is -2.70. The number of aromatic nitrogens is 1. The Morgan fingerprint density at radius 2 is 2.11 bits per heavy atom. The molecule has 0 spiro atoms. The molecule has 1 heterocycles. The zero-order valence-electron chi connectivity index (χ0n) is 9.04. The zero-order chi connectivity index (χ0) is 13.1. The molecule has 0 aliphatic rings. The fraction of sp³-hybridized carbons (Fsp3) is 0. The number of benzene rings is 1. The number of nitro groups is 1. The van der Waals surface area contributed by atoms with Gasteiger partial charge in [-0.2, -0.15) is 0 Å². The Morgan fingerprint density at radius 3 is 2.78 bits per heavy atom. The van der Waals surface area contributed by atoms with Gasteiger partial charge in [-0.25, -0.2) is 9.37 Å². The number of ether oxygens (including phenoxy) is 1. The Labute approximate surface area is 101 Å². The quantitative estimate of drug-likeness (QED) is 0.666. The summed E-state index contributed by atoms with van der Waals surface area (Å²) < 4.78 is 18.1. The van der Waals surface area contributed by atoms with Gasteiger partial charge in [-0.3, -0.25) is 10.1 Å². The van der Waals surface area contributed by atoms with Gasteiger partial charge in [0.15, 0.2) is 0 Å². The van der Waals surface area contributed by atoms with Crippen molar-refractivity contribution < 1.29 is 14.1 Å². The molecule has 18 heavy (non-hydrogen) atoms. The van der Waals surface area contributed by atoms with Crippen LogP contribution < -0.4 is 10.5 Å². The minimum absolute atomic E-state index is 0.0977. The van der Waals surface area contributed by atoms with Crippen LogP contribution in [0.25, 0.3) is 0 Å². The number of hydrogen-bond donors (Lipinski definition) is 1. The van der Waals surface area contributed by atoms with Gasteiger partial charge in [0.25, 0.3) is 0 Å². The number of pyridine rings is 1. The highest BCUT2D eigenvalue weighted by molar-refractivity contribution is 5.49. The lowest BCUT2D eigenvalue weighted by Gasteiger charge is -2.05. The Balaban J connectivity index is 2.37. The van der Waals surface area contributed by atoms with Crippen LogP contribution in [0.15, 0.2) is 36.5 Å². The molecule has 0 amide bonds. The fourth-order valence-corrected chi connectivity index (χ4v) is 1.31. The van der Waals surface area contributed by atoms with Crippen LogP contribution in [0.4, 0.5) is 15.8 Å². The molecule has 0 atom stereocenters. The molecule has 1 aromatic carbocycles. The first-order valence-electron chi connectivity index (χ1n) is 4.89. The predicted molar refractivity (Wildman–Crippen MR) is 61.8 cm³/mol. The number of nitrogens with two attached hydrogens (primary N) is 1. The van der Waals surface area contributed by atoms with E-state index in [0.717, 1.165) is 12.1 Å². The zero-order valence-corrected chi connectivity index (χ0v) is 9.04. The van der Waals surface area contributed by atoms with E-state index in [1.54, 1.807) is 6.07 Å². The molecule has 0 fully saturated rings. The van der Waals surface area contributed by atoms with Gasteiger partial charge in [-0.05, 0) is 18.2 Å². The molecule has 92 valence electrons. The smallest absolute Gasteiger partial charge is 0.314 e. The average molecular weight is 249 g/mol.